The van der Waals surface area contributed by atoms with Crippen molar-refractivity contribution in [2.24, 2.45) is 5.92 Å². The van der Waals surface area contributed by atoms with E-state index in [1.807, 2.05) is 24.7 Å². The Morgan fingerprint density at radius 2 is 1.96 bits per heavy atom. The Balaban J connectivity index is 1.26. The molecule has 2 saturated heterocycles. The van der Waals surface area contributed by atoms with Crippen LogP contribution in [0.2, 0.25) is 0 Å². The van der Waals surface area contributed by atoms with Crippen LogP contribution in [-0.2, 0) is 17.9 Å². The first-order valence-electron chi connectivity index (χ1n) is 9.53. The molecule has 4 heterocycles. The summed E-state index contributed by atoms with van der Waals surface area (Å²) < 4.78 is 6.00. The maximum Gasteiger partial charge on any atom is 0.0731 e. The van der Waals surface area contributed by atoms with E-state index >= 15 is 0 Å². The Labute approximate surface area is 156 Å². The van der Waals surface area contributed by atoms with E-state index < -0.39 is 0 Å². The average Bonchev–Trinajstić information content (AvgIpc) is 2.65. The van der Waals surface area contributed by atoms with Gasteiger partial charge in [0.25, 0.3) is 0 Å². The third kappa shape index (κ3) is 3.95. The van der Waals surface area contributed by atoms with Crippen LogP contribution >= 0.6 is 0 Å². The van der Waals surface area contributed by atoms with Gasteiger partial charge in [-0.05, 0) is 61.7 Å². The molecule has 5 heteroatoms. The maximum absolute atomic E-state index is 6.00. The lowest BCUT2D eigenvalue weighted by Gasteiger charge is -2.58. The molecule has 0 amide bonds. The van der Waals surface area contributed by atoms with E-state index in [2.05, 4.69) is 45.0 Å². The van der Waals surface area contributed by atoms with Gasteiger partial charge in [0.1, 0.15) is 0 Å². The first kappa shape index (κ1) is 17.6. The number of likely N-dealkylation sites (N-methyl/N-ethyl adjacent to an activating group) is 1. The Hall–Kier alpha value is -1.82. The molecule has 0 N–H and O–H groups in total. The van der Waals surface area contributed by atoms with Gasteiger partial charge in [0.15, 0.2) is 0 Å². The number of aromatic nitrogens is 2. The molecule has 0 aliphatic carbocycles. The fourth-order valence-electron chi connectivity index (χ4n) is 4.39. The molecule has 0 bridgehead atoms. The second-order valence-corrected chi connectivity index (χ2v) is 7.88. The van der Waals surface area contributed by atoms with Gasteiger partial charge in [0.2, 0.25) is 0 Å². The van der Waals surface area contributed by atoms with Crippen molar-refractivity contribution < 1.29 is 4.74 Å². The summed E-state index contributed by atoms with van der Waals surface area (Å²) in [6.45, 7) is 6.04. The molecule has 26 heavy (non-hydrogen) atoms. The maximum atomic E-state index is 6.00. The van der Waals surface area contributed by atoms with Crippen molar-refractivity contribution in [2.75, 3.05) is 33.3 Å². The number of hydrogen-bond donors (Lipinski definition) is 0. The minimum atomic E-state index is 0.341. The van der Waals surface area contributed by atoms with Crippen molar-refractivity contribution >= 4 is 0 Å². The summed E-state index contributed by atoms with van der Waals surface area (Å²) in [6, 6.07) is 8.27. The molecule has 0 saturated carbocycles. The Morgan fingerprint density at radius 1 is 1.12 bits per heavy atom. The molecule has 138 valence electrons. The van der Waals surface area contributed by atoms with Crippen molar-refractivity contribution in [3.05, 3.63) is 60.2 Å². The predicted molar refractivity (Wildman–Crippen MR) is 101 cm³/mol. The quantitative estimate of drug-likeness (QED) is 0.799. The van der Waals surface area contributed by atoms with Crippen molar-refractivity contribution in [3.63, 3.8) is 0 Å². The molecule has 0 aromatic carbocycles. The SMILES string of the molecule is CN1CCC(COCc2cccnc2)CC12CN(Cc1ccncc1)C2. The van der Waals surface area contributed by atoms with E-state index in [0.29, 0.717) is 18.1 Å². The van der Waals surface area contributed by atoms with Gasteiger partial charge < -0.3 is 4.74 Å². The highest BCUT2D eigenvalue weighted by Crippen LogP contribution is 2.38. The Kier molecular flexibility index (Phi) is 5.29. The minimum Gasteiger partial charge on any atom is -0.376 e. The number of likely N-dealkylation sites (tertiary alicyclic amines) is 2. The molecule has 1 unspecified atom stereocenters. The summed E-state index contributed by atoms with van der Waals surface area (Å²) in [5.74, 6) is 0.658. The zero-order chi connectivity index (χ0) is 17.8. The molecular formula is C21H28N4O. The first-order chi connectivity index (χ1) is 12.7. The molecule has 4 rings (SSSR count). The first-order valence-corrected chi connectivity index (χ1v) is 9.53. The van der Waals surface area contributed by atoms with E-state index in [0.717, 1.165) is 31.8 Å². The van der Waals surface area contributed by atoms with Crippen LogP contribution < -0.4 is 0 Å². The molecule has 2 fully saturated rings. The van der Waals surface area contributed by atoms with Crippen molar-refractivity contribution in [2.45, 2.75) is 31.5 Å². The number of piperidine rings is 1. The van der Waals surface area contributed by atoms with Crippen molar-refractivity contribution in [1.29, 1.82) is 0 Å². The molecule has 2 aliphatic heterocycles. The van der Waals surface area contributed by atoms with Gasteiger partial charge in [-0.15, -0.1) is 0 Å². The molecule has 2 aliphatic rings. The largest absolute Gasteiger partial charge is 0.376 e. The van der Waals surface area contributed by atoms with E-state index in [4.69, 9.17) is 4.74 Å². The van der Waals surface area contributed by atoms with Crippen molar-refractivity contribution in [1.82, 2.24) is 19.8 Å². The van der Waals surface area contributed by atoms with E-state index in [1.165, 1.54) is 24.9 Å². The lowest BCUT2D eigenvalue weighted by Crippen LogP contribution is -2.71. The summed E-state index contributed by atoms with van der Waals surface area (Å²) >= 11 is 0. The van der Waals surface area contributed by atoms with Crippen molar-refractivity contribution in [3.8, 4) is 0 Å². The summed E-state index contributed by atoms with van der Waals surface area (Å²) in [7, 11) is 2.29. The minimum absolute atomic E-state index is 0.341. The van der Waals surface area contributed by atoms with Crippen LogP contribution in [0.15, 0.2) is 49.1 Å². The molecule has 2 aromatic heterocycles. The predicted octanol–water partition coefficient (Wildman–Crippen LogP) is 2.59. The molecule has 0 radical (unpaired) electrons. The third-order valence-corrected chi connectivity index (χ3v) is 5.89. The van der Waals surface area contributed by atoms with Crippen LogP contribution in [0, 0.1) is 5.92 Å². The molecule has 5 nitrogen and oxygen atoms in total. The van der Waals surface area contributed by atoms with Gasteiger partial charge in [-0.25, -0.2) is 0 Å². The molecule has 1 atom stereocenters. The van der Waals surface area contributed by atoms with Crippen LogP contribution in [0.25, 0.3) is 0 Å². The van der Waals surface area contributed by atoms with Gasteiger partial charge >= 0.3 is 0 Å². The summed E-state index contributed by atoms with van der Waals surface area (Å²) in [4.78, 5) is 13.4. The summed E-state index contributed by atoms with van der Waals surface area (Å²) in [5, 5.41) is 0. The van der Waals surface area contributed by atoms with Crippen LogP contribution in [0.4, 0.5) is 0 Å². The zero-order valence-electron chi connectivity index (χ0n) is 15.6. The average molecular weight is 352 g/mol. The fourth-order valence-corrected chi connectivity index (χ4v) is 4.39. The lowest BCUT2D eigenvalue weighted by atomic mass is 9.75. The van der Waals surface area contributed by atoms with Crippen LogP contribution in [0.1, 0.15) is 24.0 Å². The van der Waals surface area contributed by atoms with Crippen LogP contribution in [-0.4, -0.2) is 58.6 Å². The van der Waals surface area contributed by atoms with Gasteiger partial charge in [-0.3, -0.25) is 19.8 Å². The second kappa shape index (κ2) is 7.82. The number of nitrogens with zero attached hydrogens (tertiary/aromatic N) is 4. The van der Waals surface area contributed by atoms with Gasteiger partial charge in [0, 0.05) is 56.6 Å². The highest BCUT2D eigenvalue weighted by molar-refractivity contribution is 5.13. The zero-order valence-corrected chi connectivity index (χ0v) is 15.6. The second-order valence-electron chi connectivity index (χ2n) is 7.88. The van der Waals surface area contributed by atoms with E-state index in [-0.39, 0.29) is 0 Å². The number of ether oxygens (including phenoxy) is 1. The molecule has 1 spiro atoms. The van der Waals surface area contributed by atoms with E-state index in [9.17, 15) is 0 Å². The Bertz CT molecular complexity index is 688. The highest BCUT2D eigenvalue weighted by atomic mass is 16.5. The standard InChI is InChI=1S/C21H28N4O/c1-24-10-6-19(14-26-15-20-3-2-7-23-12-20)11-21(24)16-25(17-21)13-18-4-8-22-9-5-18/h2-5,7-9,12,19H,6,10-11,13-17H2,1H3. The molecule has 2 aromatic rings. The van der Waals surface area contributed by atoms with Gasteiger partial charge in [-0.2, -0.15) is 0 Å². The third-order valence-electron chi connectivity index (χ3n) is 5.89. The van der Waals surface area contributed by atoms with Crippen LogP contribution in [0.3, 0.4) is 0 Å². The molecular weight excluding hydrogens is 324 g/mol. The lowest BCUT2D eigenvalue weighted by molar-refractivity contribution is -0.0935. The Morgan fingerprint density at radius 3 is 2.73 bits per heavy atom. The van der Waals surface area contributed by atoms with Gasteiger partial charge in [-0.1, -0.05) is 6.07 Å². The topological polar surface area (TPSA) is 41.5 Å². The number of rotatable bonds is 6. The van der Waals surface area contributed by atoms with E-state index in [1.54, 1.807) is 6.20 Å². The number of hydrogen-bond acceptors (Lipinski definition) is 5. The number of pyridine rings is 2. The smallest absolute Gasteiger partial charge is 0.0731 e. The van der Waals surface area contributed by atoms with Gasteiger partial charge in [0.05, 0.1) is 6.61 Å². The normalized spacial score (nSPS) is 23.0. The fraction of sp³-hybridized carbons (Fsp3) is 0.524. The summed E-state index contributed by atoms with van der Waals surface area (Å²) in [6.07, 6.45) is 9.93. The monoisotopic (exact) mass is 352 g/mol. The van der Waals surface area contributed by atoms with Crippen LogP contribution in [0.5, 0.6) is 0 Å². The highest BCUT2D eigenvalue weighted by Gasteiger charge is 2.49. The summed E-state index contributed by atoms with van der Waals surface area (Å²) in [5.41, 5.74) is 2.85.